The molecule has 0 radical (unpaired) electrons. The van der Waals surface area contributed by atoms with Crippen LogP contribution in [0, 0.1) is 0 Å². The van der Waals surface area contributed by atoms with Crippen molar-refractivity contribution in [3.63, 3.8) is 0 Å². The molecule has 90 valence electrons. The summed E-state index contributed by atoms with van der Waals surface area (Å²) in [5.41, 5.74) is 1.48. The van der Waals surface area contributed by atoms with Crippen LogP contribution in [-0.2, 0) is 6.54 Å². The van der Waals surface area contributed by atoms with Crippen LogP contribution in [0.25, 0.3) is 5.65 Å². The van der Waals surface area contributed by atoms with E-state index in [9.17, 15) is 4.79 Å². The topological polar surface area (TPSA) is 46.4 Å². The summed E-state index contributed by atoms with van der Waals surface area (Å²) in [7, 11) is 0. The molecule has 4 nitrogen and oxygen atoms in total. The molecule has 2 aromatic rings. The highest BCUT2D eigenvalue weighted by Gasteiger charge is 2.00. The van der Waals surface area contributed by atoms with E-state index in [1.54, 1.807) is 16.7 Å². The van der Waals surface area contributed by atoms with Crippen molar-refractivity contribution in [3.8, 4) is 0 Å². The third kappa shape index (κ3) is 2.91. The van der Waals surface area contributed by atoms with Gasteiger partial charge in [-0.05, 0) is 25.1 Å². The quantitative estimate of drug-likeness (QED) is 0.795. The minimum Gasteiger partial charge on any atom is -0.311 e. The number of nitrogens with zero attached hydrogens (tertiary/aromatic N) is 2. The van der Waals surface area contributed by atoms with Gasteiger partial charge in [0.25, 0.3) is 5.56 Å². The summed E-state index contributed by atoms with van der Waals surface area (Å²) in [5.74, 6) is 0. The Balaban J connectivity index is 2.16. The van der Waals surface area contributed by atoms with Crippen molar-refractivity contribution in [3.05, 3.63) is 46.5 Å². The maximum absolute atomic E-state index is 11.8. The average molecular weight is 231 g/mol. The first-order valence-electron chi connectivity index (χ1n) is 5.99. The number of aromatic nitrogens is 2. The van der Waals surface area contributed by atoms with E-state index < -0.39 is 0 Å². The molecule has 0 unspecified atom stereocenters. The Morgan fingerprint density at radius 1 is 1.41 bits per heavy atom. The summed E-state index contributed by atoms with van der Waals surface area (Å²) < 4.78 is 1.55. The summed E-state index contributed by atoms with van der Waals surface area (Å²) in [6.07, 6.45) is 4.05. The van der Waals surface area contributed by atoms with E-state index in [1.807, 2.05) is 18.2 Å². The van der Waals surface area contributed by atoms with Gasteiger partial charge in [-0.3, -0.25) is 9.20 Å². The lowest BCUT2D eigenvalue weighted by Gasteiger charge is -2.05. The summed E-state index contributed by atoms with van der Waals surface area (Å²) in [4.78, 5) is 16.2. The zero-order chi connectivity index (χ0) is 12.1. The molecule has 0 aromatic carbocycles. The Morgan fingerprint density at radius 3 is 3.12 bits per heavy atom. The van der Waals surface area contributed by atoms with Crippen molar-refractivity contribution in [2.75, 3.05) is 6.54 Å². The Kier molecular flexibility index (Phi) is 3.88. The van der Waals surface area contributed by atoms with Gasteiger partial charge in [0.15, 0.2) is 0 Å². The number of pyridine rings is 1. The van der Waals surface area contributed by atoms with Gasteiger partial charge in [-0.2, -0.15) is 0 Å². The molecule has 0 aliphatic rings. The van der Waals surface area contributed by atoms with Crippen molar-refractivity contribution >= 4 is 5.65 Å². The van der Waals surface area contributed by atoms with Crippen LogP contribution < -0.4 is 10.9 Å². The zero-order valence-corrected chi connectivity index (χ0v) is 10.0. The van der Waals surface area contributed by atoms with E-state index in [1.165, 1.54) is 6.42 Å². The summed E-state index contributed by atoms with van der Waals surface area (Å²) >= 11 is 0. The lowest BCUT2D eigenvalue weighted by Crippen LogP contribution is -2.20. The predicted molar refractivity (Wildman–Crippen MR) is 68.1 cm³/mol. The van der Waals surface area contributed by atoms with Crippen LogP contribution in [0.5, 0.6) is 0 Å². The number of nitrogens with one attached hydrogen (secondary N) is 1. The molecule has 2 aromatic heterocycles. The van der Waals surface area contributed by atoms with E-state index in [2.05, 4.69) is 17.2 Å². The van der Waals surface area contributed by atoms with E-state index in [0.717, 1.165) is 18.7 Å². The molecule has 17 heavy (non-hydrogen) atoms. The third-order valence-electron chi connectivity index (χ3n) is 2.64. The molecule has 0 amide bonds. The number of unbranched alkanes of at least 4 members (excludes halogenated alkanes) is 1. The average Bonchev–Trinajstić information content (AvgIpc) is 2.35. The Morgan fingerprint density at radius 2 is 2.29 bits per heavy atom. The molecule has 2 rings (SSSR count). The van der Waals surface area contributed by atoms with Crippen LogP contribution in [-0.4, -0.2) is 15.9 Å². The largest absolute Gasteiger partial charge is 0.311 e. The monoisotopic (exact) mass is 231 g/mol. The first kappa shape index (κ1) is 11.8. The summed E-state index contributed by atoms with van der Waals surface area (Å²) in [6.45, 7) is 3.77. The van der Waals surface area contributed by atoms with Crippen LogP contribution in [0.1, 0.15) is 25.5 Å². The van der Waals surface area contributed by atoms with Gasteiger partial charge in [-0.15, -0.1) is 0 Å². The van der Waals surface area contributed by atoms with Gasteiger partial charge >= 0.3 is 0 Å². The molecule has 4 heteroatoms. The molecular formula is C13H17N3O. The molecule has 0 bridgehead atoms. The number of fused-ring (bicyclic) bond motifs is 1. The fourth-order valence-electron chi connectivity index (χ4n) is 1.71. The molecule has 2 heterocycles. The zero-order valence-electron chi connectivity index (χ0n) is 10.0. The smallest absolute Gasteiger partial charge is 0.258 e. The van der Waals surface area contributed by atoms with Crippen LogP contribution in [0.3, 0.4) is 0 Å². The van der Waals surface area contributed by atoms with E-state index in [-0.39, 0.29) is 5.56 Å². The van der Waals surface area contributed by atoms with Gasteiger partial charge in [0.05, 0.1) is 5.69 Å². The molecule has 0 saturated heterocycles. The second kappa shape index (κ2) is 5.59. The summed E-state index contributed by atoms with van der Waals surface area (Å²) in [5, 5.41) is 3.28. The molecule has 0 aliphatic heterocycles. The van der Waals surface area contributed by atoms with Gasteiger partial charge in [-0.1, -0.05) is 19.4 Å². The maximum atomic E-state index is 11.8. The number of rotatable bonds is 5. The minimum absolute atomic E-state index is 0.0251. The van der Waals surface area contributed by atoms with E-state index in [4.69, 9.17) is 0 Å². The van der Waals surface area contributed by atoms with Crippen molar-refractivity contribution in [2.45, 2.75) is 26.3 Å². The van der Waals surface area contributed by atoms with Crippen LogP contribution in [0.4, 0.5) is 0 Å². The molecule has 0 atom stereocenters. The molecule has 1 N–H and O–H groups in total. The van der Waals surface area contributed by atoms with E-state index in [0.29, 0.717) is 12.2 Å². The highest BCUT2D eigenvalue weighted by atomic mass is 16.1. The number of hydrogen-bond donors (Lipinski definition) is 1. The lowest BCUT2D eigenvalue weighted by atomic mass is 10.3. The van der Waals surface area contributed by atoms with Gasteiger partial charge < -0.3 is 5.32 Å². The van der Waals surface area contributed by atoms with Crippen LogP contribution in [0.15, 0.2) is 35.3 Å². The van der Waals surface area contributed by atoms with Gasteiger partial charge in [0, 0.05) is 18.8 Å². The van der Waals surface area contributed by atoms with Crippen molar-refractivity contribution in [1.82, 2.24) is 14.7 Å². The van der Waals surface area contributed by atoms with Gasteiger partial charge in [0.1, 0.15) is 5.65 Å². The number of hydrogen-bond acceptors (Lipinski definition) is 3. The fourth-order valence-corrected chi connectivity index (χ4v) is 1.71. The second-order valence-electron chi connectivity index (χ2n) is 4.04. The Hall–Kier alpha value is -1.68. The third-order valence-corrected chi connectivity index (χ3v) is 2.64. The fraction of sp³-hybridized carbons (Fsp3) is 0.385. The Labute approximate surface area is 100 Å². The highest BCUT2D eigenvalue weighted by molar-refractivity contribution is 5.37. The molecule has 0 fully saturated rings. The first-order valence-corrected chi connectivity index (χ1v) is 5.99. The maximum Gasteiger partial charge on any atom is 0.258 e. The van der Waals surface area contributed by atoms with Gasteiger partial charge in [-0.25, -0.2) is 4.98 Å². The molecule has 0 saturated carbocycles. The summed E-state index contributed by atoms with van der Waals surface area (Å²) in [6, 6.07) is 7.15. The molecule has 0 aliphatic carbocycles. The van der Waals surface area contributed by atoms with Crippen molar-refractivity contribution in [2.24, 2.45) is 0 Å². The predicted octanol–water partition coefficient (Wildman–Crippen LogP) is 1.58. The standard InChI is InChI=1S/C13H17N3O/c1-2-3-7-14-10-11-9-13(17)16-8-5-4-6-12(16)15-11/h4-6,8-9,14H,2-3,7,10H2,1H3. The highest BCUT2D eigenvalue weighted by Crippen LogP contribution is 1.98. The normalized spacial score (nSPS) is 10.9. The van der Waals surface area contributed by atoms with Crippen molar-refractivity contribution < 1.29 is 0 Å². The lowest BCUT2D eigenvalue weighted by molar-refractivity contribution is 0.632. The first-order chi connectivity index (χ1) is 8.31. The Bertz CT molecular complexity index is 548. The SMILES string of the molecule is CCCCNCc1cc(=O)n2ccccc2n1. The van der Waals surface area contributed by atoms with Gasteiger partial charge in [0.2, 0.25) is 0 Å². The van der Waals surface area contributed by atoms with Crippen molar-refractivity contribution in [1.29, 1.82) is 0 Å². The van der Waals surface area contributed by atoms with Crippen LogP contribution >= 0.6 is 0 Å². The van der Waals surface area contributed by atoms with Crippen LogP contribution in [0.2, 0.25) is 0 Å². The second-order valence-corrected chi connectivity index (χ2v) is 4.04. The molecule has 0 spiro atoms. The minimum atomic E-state index is -0.0251. The molecular weight excluding hydrogens is 214 g/mol. The van der Waals surface area contributed by atoms with E-state index >= 15 is 0 Å².